The van der Waals surface area contributed by atoms with E-state index in [1.54, 1.807) is 0 Å². The van der Waals surface area contributed by atoms with Crippen molar-refractivity contribution in [2.75, 3.05) is 0 Å². The fourth-order valence-corrected chi connectivity index (χ4v) is 5.45. The van der Waals surface area contributed by atoms with Crippen LogP contribution in [0.2, 0.25) is 0 Å². The zero-order valence-corrected chi connectivity index (χ0v) is 22.1. The van der Waals surface area contributed by atoms with Gasteiger partial charge in [0, 0.05) is 11.9 Å². The Morgan fingerprint density at radius 2 is 0.806 bits per heavy atom. The van der Waals surface area contributed by atoms with Crippen molar-refractivity contribution in [2.24, 2.45) is 0 Å². The molecule has 0 radical (unpaired) electrons. The van der Waals surface area contributed by atoms with Crippen LogP contribution in [0.1, 0.15) is 33.5 Å². The fourth-order valence-electron chi connectivity index (χ4n) is 5.45. The van der Waals surface area contributed by atoms with Crippen LogP contribution in [0.15, 0.2) is 91.1 Å². The van der Waals surface area contributed by atoms with E-state index in [1.807, 2.05) is 13.1 Å². The topological polar surface area (TPSA) is 12.9 Å². The second kappa shape index (κ2) is 9.59. The molecule has 4 aromatic carbocycles. The van der Waals surface area contributed by atoms with E-state index in [4.69, 9.17) is 0 Å². The Morgan fingerprint density at radius 3 is 1.28 bits per heavy atom. The summed E-state index contributed by atoms with van der Waals surface area (Å²) >= 11 is 0. The third-order valence-electron chi connectivity index (χ3n) is 7.14. The van der Waals surface area contributed by atoms with Crippen molar-refractivity contribution < 1.29 is 0 Å². The SMILES string of the molecule is Cc1ccc(-c2cc(C)c(-c3ccc(-c4cc(C)c(-c5ccnc(C)c5)c(C)c4)cc3)c(C)c2)cc1. The van der Waals surface area contributed by atoms with Gasteiger partial charge in [0.1, 0.15) is 0 Å². The van der Waals surface area contributed by atoms with E-state index in [-0.39, 0.29) is 0 Å². The molecule has 36 heavy (non-hydrogen) atoms. The van der Waals surface area contributed by atoms with Crippen LogP contribution in [0.3, 0.4) is 0 Å². The molecule has 0 aliphatic heterocycles. The molecule has 0 saturated heterocycles. The van der Waals surface area contributed by atoms with E-state index in [0.29, 0.717) is 0 Å². The lowest BCUT2D eigenvalue weighted by molar-refractivity contribution is 1.20. The fraction of sp³-hybridized carbons (Fsp3) is 0.171. The van der Waals surface area contributed by atoms with Crippen LogP contribution >= 0.6 is 0 Å². The molecule has 0 fully saturated rings. The van der Waals surface area contributed by atoms with Crippen LogP contribution in [0.25, 0.3) is 44.5 Å². The Balaban J connectivity index is 1.47. The summed E-state index contributed by atoms with van der Waals surface area (Å²) in [6, 6.07) is 31.3. The molecule has 178 valence electrons. The van der Waals surface area contributed by atoms with Crippen LogP contribution in [-0.4, -0.2) is 4.98 Å². The lowest BCUT2D eigenvalue weighted by atomic mass is 9.89. The third kappa shape index (κ3) is 4.62. The van der Waals surface area contributed by atoms with Gasteiger partial charge in [0.15, 0.2) is 0 Å². The van der Waals surface area contributed by atoms with Gasteiger partial charge < -0.3 is 0 Å². The van der Waals surface area contributed by atoms with Gasteiger partial charge >= 0.3 is 0 Å². The van der Waals surface area contributed by atoms with Gasteiger partial charge in [-0.15, -0.1) is 0 Å². The third-order valence-corrected chi connectivity index (χ3v) is 7.14. The largest absolute Gasteiger partial charge is 0.262 e. The molecule has 0 aliphatic rings. The Hall–Kier alpha value is -3.97. The average molecular weight is 468 g/mol. The molecule has 0 saturated carbocycles. The molecule has 5 rings (SSSR count). The highest BCUT2D eigenvalue weighted by Gasteiger charge is 2.12. The summed E-state index contributed by atoms with van der Waals surface area (Å²) in [5.41, 5.74) is 17.7. The summed E-state index contributed by atoms with van der Waals surface area (Å²) in [5.74, 6) is 0. The first-order chi connectivity index (χ1) is 17.3. The molecular formula is C35H33N. The first-order valence-corrected chi connectivity index (χ1v) is 12.6. The number of rotatable bonds is 4. The van der Waals surface area contributed by atoms with Gasteiger partial charge in [-0.1, -0.05) is 78.4 Å². The minimum atomic E-state index is 1.04. The zero-order valence-electron chi connectivity index (χ0n) is 22.1. The molecule has 5 aromatic rings. The summed E-state index contributed by atoms with van der Waals surface area (Å²) < 4.78 is 0. The smallest absolute Gasteiger partial charge is 0.0378 e. The maximum atomic E-state index is 4.36. The van der Waals surface area contributed by atoms with Gasteiger partial charge in [-0.25, -0.2) is 0 Å². The van der Waals surface area contributed by atoms with E-state index >= 15 is 0 Å². The second-order valence-corrected chi connectivity index (χ2v) is 10.1. The molecule has 0 amide bonds. The Kier molecular flexibility index (Phi) is 6.33. The first-order valence-electron chi connectivity index (χ1n) is 12.6. The number of hydrogen-bond acceptors (Lipinski definition) is 1. The maximum Gasteiger partial charge on any atom is 0.0378 e. The first kappa shape index (κ1) is 23.8. The molecule has 1 nitrogen and oxygen atoms in total. The van der Waals surface area contributed by atoms with Gasteiger partial charge in [0.05, 0.1) is 0 Å². The van der Waals surface area contributed by atoms with Crippen molar-refractivity contribution in [1.29, 1.82) is 0 Å². The predicted octanol–water partition coefficient (Wildman–Crippen LogP) is 9.60. The Labute approximate surface area is 215 Å². The van der Waals surface area contributed by atoms with Gasteiger partial charge in [-0.3, -0.25) is 4.98 Å². The average Bonchev–Trinajstić information content (AvgIpc) is 2.84. The zero-order chi connectivity index (χ0) is 25.4. The van der Waals surface area contributed by atoms with E-state index < -0.39 is 0 Å². The van der Waals surface area contributed by atoms with Crippen LogP contribution in [0.4, 0.5) is 0 Å². The summed E-state index contributed by atoms with van der Waals surface area (Å²) in [6.07, 6.45) is 1.90. The number of aryl methyl sites for hydroxylation is 6. The number of pyridine rings is 1. The van der Waals surface area contributed by atoms with Crippen molar-refractivity contribution in [3.05, 3.63) is 125 Å². The van der Waals surface area contributed by atoms with Gasteiger partial charge in [-0.2, -0.15) is 0 Å². The highest BCUT2D eigenvalue weighted by Crippen LogP contribution is 2.35. The van der Waals surface area contributed by atoms with Gasteiger partial charge in [-0.05, 0) is 120 Å². The van der Waals surface area contributed by atoms with Crippen molar-refractivity contribution in [3.8, 4) is 44.5 Å². The molecular weight excluding hydrogens is 434 g/mol. The summed E-state index contributed by atoms with van der Waals surface area (Å²) in [4.78, 5) is 4.36. The van der Waals surface area contributed by atoms with Gasteiger partial charge in [0.25, 0.3) is 0 Å². The van der Waals surface area contributed by atoms with Crippen molar-refractivity contribution in [3.63, 3.8) is 0 Å². The van der Waals surface area contributed by atoms with Crippen LogP contribution < -0.4 is 0 Å². The van der Waals surface area contributed by atoms with E-state index in [9.17, 15) is 0 Å². The minimum absolute atomic E-state index is 1.04. The number of nitrogens with zero attached hydrogens (tertiary/aromatic N) is 1. The number of hydrogen-bond donors (Lipinski definition) is 0. The molecule has 0 aliphatic carbocycles. The van der Waals surface area contributed by atoms with Gasteiger partial charge in [0.2, 0.25) is 0 Å². The van der Waals surface area contributed by atoms with Crippen molar-refractivity contribution in [2.45, 2.75) is 41.5 Å². The highest BCUT2D eigenvalue weighted by atomic mass is 14.6. The van der Waals surface area contributed by atoms with E-state index in [0.717, 1.165) is 5.69 Å². The standard InChI is InChI=1S/C35H33N/c1-22-7-9-28(10-8-22)32-17-23(2)34(24(3)18-32)30-13-11-29(12-14-30)33-19-25(4)35(26(5)20-33)31-15-16-36-27(6)21-31/h7-21H,1-6H3. The van der Waals surface area contributed by atoms with Crippen molar-refractivity contribution in [1.82, 2.24) is 4.98 Å². The van der Waals surface area contributed by atoms with Crippen molar-refractivity contribution >= 4 is 0 Å². The molecule has 0 N–H and O–H groups in total. The van der Waals surface area contributed by atoms with Crippen LogP contribution in [-0.2, 0) is 0 Å². The van der Waals surface area contributed by atoms with Crippen LogP contribution in [0.5, 0.6) is 0 Å². The predicted molar refractivity (Wildman–Crippen MR) is 154 cm³/mol. The summed E-state index contributed by atoms with van der Waals surface area (Å²) in [7, 11) is 0. The Bertz CT molecular complexity index is 1510. The Morgan fingerprint density at radius 1 is 0.389 bits per heavy atom. The lowest BCUT2D eigenvalue weighted by Gasteiger charge is -2.16. The second-order valence-electron chi connectivity index (χ2n) is 10.1. The van der Waals surface area contributed by atoms with E-state index in [2.05, 4.69) is 125 Å². The number of aromatic nitrogens is 1. The molecule has 1 heteroatoms. The quantitative estimate of drug-likeness (QED) is 0.256. The maximum absolute atomic E-state index is 4.36. The minimum Gasteiger partial charge on any atom is -0.262 e. The molecule has 1 aromatic heterocycles. The summed E-state index contributed by atoms with van der Waals surface area (Å²) in [6.45, 7) is 13.0. The molecule has 1 heterocycles. The normalized spacial score (nSPS) is 11.1. The number of benzene rings is 4. The monoisotopic (exact) mass is 467 g/mol. The highest BCUT2D eigenvalue weighted by molar-refractivity contribution is 5.80. The molecule has 0 bridgehead atoms. The van der Waals surface area contributed by atoms with Crippen LogP contribution in [0, 0.1) is 41.5 Å². The summed E-state index contributed by atoms with van der Waals surface area (Å²) in [5, 5.41) is 0. The molecule has 0 atom stereocenters. The van der Waals surface area contributed by atoms with E-state index in [1.165, 1.54) is 72.3 Å². The molecule has 0 spiro atoms. The lowest BCUT2D eigenvalue weighted by Crippen LogP contribution is -1.93. The molecule has 0 unspecified atom stereocenters.